The van der Waals surface area contributed by atoms with Crippen LogP contribution in [0.15, 0.2) is 18.3 Å². The summed E-state index contributed by atoms with van der Waals surface area (Å²) in [7, 11) is 3.17. The molecular weight excluding hydrogens is 182 g/mol. The summed E-state index contributed by atoms with van der Waals surface area (Å²) in [5, 5.41) is 5.37. The number of likely N-dealkylation sites (N-methyl/N-ethyl adjacent to an activating group) is 1. The number of amides is 1. The minimum atomic E-state index is -0.0809. The van der Waals surface area contributed by atoms with Crippen molar-refractivity contribution >= 4 is 11.7 Å². The van der Waals surface area contributed by atoms with E-state index in [0.717, 1.165) is 0 Å². The molecule has 1 rings (SSSR count). The summed E-state index contributed by atoms with van der Waals surface area (Å²) in [6.45, 7) is 0.218. The maximum Gasteiger partial charge on any atom is 0.239 e. The molecule has 0 spiro atoms. The van der Waals surface area contributed by atoms with E-state index < -0.39 is 0 Å². The molecule has 2 N–H and O–H groups in total. The highest BCUT2D eigenvalue weighted by molar-refractivity contribution is 5.79. The van der Waals surface area contributed by atoms with Gasteiger partial charge in [0.15, 0.2) is 0 Å². The van der Waals surface area contributed by atoms with E-state index in [0.29, 0.717) is 11.6 Å². The summed E-state index contributed by atoms with van der Waals surface area (Å²) in [6, 6.07) is 3.53. The Morgan fingerprint density at radius 1 is 1.57 bits per heavy atom. The molecule has 1 aromatic heterocycles. The van der Waals surface area contributed by atoms with E-state index in [1.807, 2.05) is 0 Å². The number of ether oxygens (including phenoxy) is 1. The van der Waals surface area contributed by atoms with Gasteiger partial charge in [0, 0.05) is 7.05 Å². The number of nitrogens with zero attached hydrogens (tertiary/aromatic N) is 1. The normalized spacial score (nSPS) is 9.29. The van der Waals surface area contributed by atoms with Crippen LogP contribution in [0.5, 0.6) is 5.75 Å². The third-order valence-corrected chi connectivity index (χ3v) is 1.68. The topological polar surface area (TPSA) is 63.2 Å². The van der Waals surface area contributed by atoms with Crippen LogP contribution in [-0.2, 0) is 4.79 Å². The van der Waals surface area contributed by atoms with Gasteiger partial charge >= 0.3 is 0 Å². The number of hydrogen-bond acceptors (Lipinski definition) is 4. The van der Waals surface area contributed by atoms with Crippen LogP contribution in [0, 0.1) is 0 Å². The van der Waals surface area contributed by atoms with Gasteiger partial charge in [0.25, 0.3) is 0 Å². The van der Waals surface area contributed by atoms with E-state index in [2.05, 4.69) is 15.6 Å². The molecule has 0 saturated heterocycles. The predicted octanol–water partition coefficient (Wildman–Crippen LogP) is 0.248. The molecular formula is C9H13N3O2. The first-order valence-corrected chi connectivity index (χ1v) is 4.20. The van der Waals surface area contributed by atoms with Crippen molar-refractivity contribution in [2.24, 2.45) is 0 Å². The summed E-state index contributed by atoms with van der Waals surface area (Å²) in [6.07, 6.45) is 1.59. The van der Waals surface area contributed by atoms with Crippen molar-refractivity contribution in [1.82, 2.24) is 10.3 Å². The average molecular weight is 195 g/mol. The Morgan fingerprint density at radius 3 is 2.86 bits per heavy atom. The van der Waals surface area contributed by atoms with Gasteiger partial charge in [0.05, 0.1) is 19.9 Å². The smallest absolute Gasteiger partial charge is 0.239 e. The summed E-state index contributed by atoms with van der Waals surface area (Å²) in [5.41, 5.74) is 0. The monoisotopic (exact) mass is 195 g/mol. The number of aromatic nitrogens is 1. The Bertz CT molecular complexity index is 297. The van der Waals surface area contributed by atoms with Gasteiger partial charge in [-0.25, -0.2) is 4.98 Å². The zero-order valence-corrected chi connectivity index (χ0v) is 8.20. The summed E-state index contributed by atoms with van der Waals surface area (Å²) in [5.74, 6) is 1.26. The van der Waals surface area contributed by atoms with Crippen LogP contribution in [0.4, 0.5) is 5.82 Å². The van der Waals surface area contributed by atoms with Crippen LogP contribution in [0.25, 0.3) is 0 Å². The van der Waals surface area contributed by atoms with E-state index in [1.165, 1.54) is 0 Å². The van der Waals surface area contributed by atoms with Crippen LogP contribution < -0.4 is 15.4 Å². The van der Waals surface area contributed by atoms with Gasteiger partial charge in [0.1, 0.15) is 11.6 Å². The summed E-state index contributed by atoms with van der Waals surface area (Å²) in [4.78, 5) is 14.9. The van der Waals surface area contributed by atoms with Crippen LogP contribution in [-0.4, -0.2) is 31.6 Å². The number of carbonyl (C=O) groups excluding carboxylic acids is 1. The van der Waals surface area contributed by atoms with E-state index in [4.69, 9.17) is 4.74 Å². The fourth-order valence-electron chi connectivity index (χ4n) is 0.865. The highest BCUT2D eigenvalue weighted by Crippen LogP contribution is 2.10. The summed E-state index contributed by atoms with van der Waals surface area (Å²) >= 11 is 0. The van der Waals surface area contributed by atoms with Crippen molar-refractivity contribution in [2.45, 2.75) is 0 Å². The quantitative estimate of drug-likeness (QED) is 0.722. The molecule has 5 heteroatoms. The van der Waals surface area contributed by atoms with Crippen LogP contribution >= 0.6 is 0 Å². The van der Waals surface area contributed by atoms with Gasteiger partial charge in [-0.1, -0.05) is 0 Å². The molecule has 5 nitrogen and oxygen atoms in total. The molecule has 0 aliphatic carbocycles. The molecule has 0 saturated carbocycles. The lowest BCUT2D eigenvalue weighted by Crippen LogP contribution is -2.26. The number of nitrogens with one attached hydrogen (secondary N) is 2. The SMILES string of the molecule is CNC(=O)CNc1ccc(OC)cn1. The minimum Gasteiger partial charge on any atom is -0.495 e. The lowest BCUT2D eigenvalue weighted by Gasteiger charge is -2.04. The van der Waals surface area contributed by atoms with Gasteiger partial charge in [-0.2, -0.15) is 0 Å². The number of methoxy groups -OCH3 is 1. The molecule has 0 radical (unpaired) electrons. The van der Waals surface area contributed by atoms with Crippen LogP contribution in [0.3, 0.4) is 0 Å². The van der Waals surface area contributed by atoms with Crippen LogP contribution in [0.1, 0.15) is 0 Å². The molecule has 0 fully saturated rings. The predicted molar refractivity (Wildman–Crippen MR) is 53.3 cm³/mol. The molecule has 0 aromatic carbocycles. The van der Waals surface area contributed by atoms with Crippen molar-refractivity contribution in [3.05, 3.63) is 18.3 Å². The van der Waals surface area contributed by atoms with Gasteiger partial charge in [-0.3, -0.25) is 4.79 Å². The fraction of sp³-hybridized carbons (Fsp3) is 0.333. The molecule has 0 atom stereocenters. The molecule has 1 aromatic rings. The van der Waals surface area contributed by atoms with E-state index in [9.17, 15) is 4.79 Å². The molecule has 76 valence electrons. The highest BCUT2D eigenvalue weighted by Gasteiger charge is 1.98. The Balaban J connectivity index is 2.47. The number of rotatable bonds is 4. The Hall–Kier alpha value is -1.78. The Kier molecular flexibility index (Phi) is 3.72. The second kappa shape index (κ2) is 5.06. The largest absolute Gasteiger partial charge is 0.495 e. The number of pyridine rings is 1. The molecule has 1 heterocycles. The molecule has 0 unspecified atom stereocenters. The van der Waals surface area contributed by atoms with Crippen molar-refractivity contribution in [2.75, 3.05) is 26.0 Å². The van der Waals surface area contributed by atoms with Crippen molar-refractivity contribution in [1.29, 1.82) is 0 Å². The second-order valence-electron chi connectivity index (χ2n) is 2.61. The van der Waals surface area contributed by atoms with Crippen molar-refractivity contribution < 1.29 is 9.53 Å². The average Bonchev–Trinajstić information content (AvgIpc) is 2.26. The first-order chi connectivity index (χ1) is 6.76. The van der Waals surface area contributed by atoms with E-state index in [1.54, 1.807) is 32.5 Å². The van der Waals surface area contributed by atoms with Crippen molar-refractivity contribution in [3.63, 3.8) is 0 Å². The maximum atomic E-state index is 10.9. The molecule has 14 heavy (non-hydrogen) atoms. The lowest BCUT2D eigenvalue weighted by molar-refractivity contribution is -0.118. The van der Waals surface area contributed by atoms with E-state index in [-0.39, 0.29) is 12.5 Å². The molecule has 0 bridgehead atoms. The number of carbonyl (C=O) groups is 1. The minimum absolute atomic E-state index is 0.0809. The molecule has 1 amide bonds. The highest BCUT2D eigenvalue weighted by atomic mass is 16.5. The van der Waals surface area contributed by atoms with Crippen LogP contribution in [0.2, 0.25) is 0 Å². The fourth-order valence-corrected chi connectivity index (χ4v) is 0.865. The first-order valence-electron chi connectivity index (χ1n) is 4.20. The Morgan fingerprint density at radius 2 is 2.36 bits per heavy atom. The third kappa shape index (κ3) is 2.93. The Labute approximate surface area is 82.5 Å². The van der Waals surface area contributed by atoms with Crippen molar-refractivity contribution in [3.8, 4) is 5.75 Å². The number of anilines is 1. The second-order valence-corrected chi connectivity index (χ2v) is 2.61. The standard InChI is InChI=1S/C9H13N3O2/c1-10-9(13)6-12-8-4-3-7(14-2)5-11-8/h3-5H,6H2,1-2H3,(H,10,13)(H,11,12). The lowest BCUT2D eigenvalue weighted by atomic mass is 10.4. The third-order valence-electron chi connectivity index (χ3n) is 1.68. The molecule has 0 aliphatic heterocycles. The zero-order chi connectivity index (χ0) is 10.4. The van der Waals surface area contributed by atoms with Gasteiger partial charge < -0.3 is 15.4 Å². The van der Waals surface area contributed by atoms with Gasteiger partial charge in [0.2, 0.25) is 5.91 Å². The zero-order valence-electron chi connectivity index (χ0n) is 8.20. The first kappa shape index (κ1) is 10.3. The van der Waals surface area contributed by atoms with Gasteiger partial charge in [-0.15, -0.1) is 0 Å². The van der Waals surface area contributed by atoms with E-state index >= 15 is 0 Å². The van der Waals surface area contributed by atoms with Gasteiger partial charge in [-0.05, 0) is 12.1 Å². The maximum absolute atomic E-state index is 10.9. The molecule has 0 aliphatic rings. The number of hydrogen-bond donors (Lipinski definition) is 2. The summed E-state index contributed by atoms with van der Waals surface area (Å²) < 4.78 is 4.95.